The van der Waals surface area contributed by atoms with E-state index < -0.39 is 0 Å². The SMILES string of the molecule is Cc1ccc(C2CC2C(=O)c2cc(C)ccc2C)cc1. The molecule has 0 aliphatic heterocycles. The van der Waals surface area contributed by atoms with Crippen molar-refractivity contribution in [2.75, 3.05) is 0 Å². The van der Waals surface area contributed by atoms with Crippen LogP contribution in [-0.2, 0) is 0 Å². The monoisotopic (exact) mass is 264 g/mol. The van der Waals surface area contributed by atoms with E-state index in [-0.39, 0.29) is 5.92 Å². The predicted octanol–water partition coefficient (Wildman–Crippen LogP) is 4.60. The van der Waals surface area contributed by atoms with E-state index in [1.54, 1.807) is 0 Å². The van der Waals surface area contributed by atoms with Gasteiger partial charge < -0.3 is 0 Å². The van der Waals surface area contributed by atoms with Crippen molar-refractivity contribution in [3.8, 4) is 0 Å². The van der Waals surface area contributed by atoms with Gasteiger partial charge in [0.1, 0.15) is 0 Å². The third kappa shape index (κ3) is 2.40. The molecule has 2 unspecified atom stereocenters. The van der Waals surface area contributed by atoms with Gasteiger partial charge in [0.15, 0.2) is 5.78 Å². The molecule has 102 valence electrons. The fourth-order valence-corrected chi connectivity index (χ4v) is 2.87. The van der Waals surface area contributed by atoms with Gasteiger partial charge in [-0.3, -0.25) is 4.79 Å². The van der Waals surface area contributed by atoms with Gasteiger partial charge in [-0.1, -0.05) is 47.5 Å². The number of Topliss-reactive ketones (excluding diaryl/α,β-unsaturated/α-hetero) is 1. The van der Waals surface area contributed by atoms with Crippen molar-refractivity contribution >= 4 is 5.78 Å². The normalized spacial score (nSPS) is 20.8. The molecule has 0 aromatic heterocycles. The first-order chi connectivity index (χ1) is 9.56. The second-order valence-electron chi connectivity index (χ2n) is 6.04. The quantitative estimate of drug-likeness (QED) is 0.740. The zero-order valence-corrected chi connectivity index (χ0v) is 12.3. The highest BCUT2D eigenvalue weighted by atomic mass is 16.1. The maximum Gasteiger partial charge on any atom is 0.166 e. The molecule has 2 atom stereocenters. The van der Waals surface area contributed by atoms with E-state index in [0.29, 0.717) is 11.7 Å². The van der Waals surface area contributed by atoms with Gasteiger partial charge in [0.25, 0.3) is 0 Å². The zero-order chi connectivity index (χ0) is 14.3. The average Bonchev–Trinajstić information content (AvgIpc) is 3.22. The minimum Gasteiger partial charge on any atom is -0.294 e. The maximum atomic E-state index is 12.6. The summed E-state index contributed by atoms with van der Waals surface area (Å²) in [4.78, 5) is 12.6. The highest BCUT2D eigenvalue weighted by molar-refractivity contribution is 6.01. The summed E-state index contributed by atoms with van der Waals surface area (Å²) < 4.78 is 0. The average molecular weight is 264 g/mol. The first-order valence-electron chi connectivity index (χ1n) is 7.24. The summed E-state index contributed by atoms with van der Waals surface area (Å²) in [6, 6.07) is 14.7. The summed E-state index contributed by atoms with van der Waals surface area (Å²) in [6.07, 6.45) is 0.995. The van der Waals surface area contributed by atoms with Gasteiger partial charge in [0.2, 0.25) is 0 Å². The smallest absolute Gasteiger partial charge is 0.166 e. The number of hydrogen-bond donors (Lipinski definition) is 0. The van der Waals surface area contributed by atoms with Crippen molar-refractivity contribution in [1.82, 2.24) is 0 Å². The molecule has 1 fully saturated rings. The number of carbonyl (C=O) groups is 1. The van der Waals surface area contributed by atoms with Crippen LogP contribution in [0.1, 0.15) is 45.0 Å². The van der Waals surface area contributed by atoms with E-state index in [1.165, 1.54) is 11.1 Å². The van der Waals surface area contributed by atoms with Crippen molar-refractivity contribution in [2.45, 2.75) is 33.1 Å². The lowest BCUT2D eigenvalue weighted by Gasteiger charge is -2.06. The Morgan fingerprint density at radius 3 is 2.30 bits per heavy atom. The van der Waals surface area contributed by atoms with Gasteiger partial charge in [0, 0.05) is 11.5 Å². The topological polar surface area (TPSA) is 17.1 Å². The highest BCUT2D eigenvalue weighted by Crippen LogP contribution is 2.49. The van der Waals surface area contributed by atoms with Crippen molar-refractivity contribution in [1.29, 1.82) is 0 Å². The van der Waals surface area contributed by atoms with Crippen LogP contribution in [0.5, 0.6) is 0 Å². The molecule has 0 spiro atoms. The Balaban J connectivity index is 1.80. The number of rotatable bonds is 3. The summed E-state index contributed by atoms with van der Waals surface area (Å²) in [7, 11) is 0. The van der Waals surface area contributed by atoms with Crippen LogP contribution in [-0.4, -0.2) is 5.78 Å². The Labute approximate surface area is 120 Å². The molecule has 1 heteroatoms. The van der Waals surface area contributed by atoms with Gasteiger partial charge in [-0.05, 0) is 50.3 Å². The fraction of sp³-hybridized carbons (Fsp3) is 0.316. The summed E-state index contributed by atoms with van der Waals surface area (Å²) in [5, 5.41) is 0. The minimum atomic E-state index is 0.179. The van der Waals surface area contributed by atoms with Crippen LogP contribution in [0.15, 0.2) is 42.5 Å². The number of hydrogen-bond acceptors (Lipinski definition) is 1. The van der Waals surface area contributed by atoms with E-state index in [1.807, 2.05) is 26.0 Å². The Morgan fingerprint density at radius 1 is 0.950 bits per heavy atom. The third-order valence-corrected chi connectivity index (χ3v) is 4.29. The molecule has 20 heavy (non-hydrogen) atoms. The predicted molar refractivity (Wildman–Crippen MR) is 82.3 cm³/mol. The van der Waals surface area contributed by atoms with E-state index >= 15 is 0 Å². The number of carbonyl (C=O) groups excluding carboxylic acids is 1. The van der Waals surface area contributed by atoms with Crippen molar-refractivity contribution in [3.63, 3.8) is 0 Å². The van der Waals surface area contributed by atoms with E-state index in [9.17, 15) is 4.79 Å². The van der Waals surface area contributed by atoms with Gasteiger partial charge >= 0.3 is 0 Å². The maximum absolute atomic E-state index is 12.6. The van der Waals surface area contributed by atoms with Crippen LogP contribution in [0.3, 0.4) is 0 Å². The summed E-state index contributed by atoms with van der Waals surface area (Å²) >= 11 is 0. The van der Waals surface area contributed by atoms with Gasteiger partial charge in [-0.15, -0.1) is 0 Å². The molecular formula is C19H20O. The Morgan fingerprint density at radius 2 is 1.60 bits per heavy atom. The first kappa shape index (κ1) is 13.1. The molecule has 1 aliphatic rings. The molecule has 0 bridgehead atoms. The largest absolute Gasteiger partial charge is 0.294 e. The molecule has 2 aromatic carbocycles. The lowest BCUT2D eigenvalue weighted by atomic mass is 9.97. The van der Waals surface area contributed by atoms with Gasteiger partial charge in [-0.25, -0.2) is 0 Å². The van der Waals surface area contributed by atoms with Crippen LogP contribution in [0.25, 0.3) is 0 Å². The molecular weight excluding hydrogens is 244 g/mol. The second kappa shape index (κ2) is 4.90. The van der Waals surface area contributed by atoms with Crippen molar-refractivity contribution in [3.05, 3.63) is 70.3 Å². The molecule has 1 saturated carbocycles. The molecule has 3 rings (SSSR count). The molecule has 0 N–H and O–H groups in total. The molecule has 0 amide bonds. The van der Waals surface area contributed by atoms with Crippen LogP contribution >= 0.6 is 0 Å². The summed E-state index contributed by atoms with van der Waals surface area (Å²) in [5.74, 6) is 0.915. The van der Waals surface area contributed by atoms with Gasteiger partial charge in [0.05, 0.1) is 0 Å². The highest BCUT2D eigenvalue weighted by Gasteiger charge is 2.44. The molecule has 0 saturated heterocycles. The standard InChI is InChI=1S/C19H20O/c1-12-5-8-15(9-6-12)17-11-18(17)19(20)16-10-13(2)4-7-14(16)3/h4-10,17-18H,11H2,1-3H3. The number of benzene rings is 2. The second-order valence-corrected chi connectivity index (χ2v) is 6.04. The van der Waals surface area contributed by atoms with Crippen molar-refractivity contribution < 1.29 is 4.79 Å². The van der Waals surface area contributed by atoms with Crippen LogP contribution in [0.4, 0.5) is 0 Å². The molecule has 2 aromatic rings. The minimum absolute atomic E-state index is 0.179. The first-order valence-corrected chi connectivity index (χ1v) is 7.24. The van der Waals surface area contributed by atoms with Crippen LogP contribution in [0, 0.1) is 26.7 Å². The lowest BCUT2D eigenvalue weighted by Crippen LogP contribution is -2.06. The molecule has 1 aliphatic carbocycles. The Bertz CT molecular complexity index is 652. The molecule has 0 heterocycles. The van der Waals surface area contributed by atoms with E-state index in [2.05, 4.69) is 37.3 Å². The summed E-state index contributed by atoms with van der Waals surface area (Å²) in [5.41, 5.74) is 5.73. The molecule has 0 radical (unpaired) electrons. The fourth-order valence-electron chi connectivity index (χ4n) is 2.87. The Hall–Kier alpha value is -1.89. The molecule has 1 nitrogen and oxygen atoms in total. The number of aryl methyl sites for hydroxylation is 3. The van der Waals surface area contributed by atoms with E-state index in [4.69, 9.17) is 0 Å². The van der Waals surface area contributed by atoms with Crippen molar-refractivity contribution in [2.24, 2.45) is 5.92 Å². The third-order valence-electron chi connectivity index (χ3n) is 4.29. The van der Waals surface area contributed by atoms with Crippen LogP contribution in [0.2, 0.25) is 0 Å². The summed E-state index contributed by atoms with van der Waals surface area (Å²) in [6.45, 7) is 6.16. The van der Waals surface area contributed by atoms with Crippen LogP contribution < -0.4 is 0 Å². The van der Waals surface area contributed by atoms with Gasteiger partial charge in [-0.2, -0.15) is 0 Å². The lowest BCUT2D eigenvalue weighted by molar-refractivity contribution is 0.0964. The zero-order valence-electron chi connectivity index (χ0n) is 12.3. The Kier molecular flexibility index (Phi) is 3.21. The van der Waals surface area contributed by atoms with E-state index in [0.717, 1.165) is 23.1 Å². The number of ketones is 1.